The van der Waals surface area contributed by atoms with Crippen molar-refractivity contribution in [1.82, 2.24) is 30.6 Å². The molecule has 0 aliphatic carbocycles. The summed E-state index contributed by atoms with van der Waals surface area (Å²) >= 11 is 12.6. The Hall–Kier alpha value is -3.56. The Morgan fingerprint density at radius 3 is 2.49 bits per heavy atom. The van der Waals surface area contributed by atoms with Crippen LogP contribution >= 0.6 is 34.5 Å². The average molecular weight is 577 g/mol. The van der Waals surface area contributed by atoms with E-state index in [9.17, 15) is 27.6 Å². The second-order valence-electron chi connectivity index (χ2n) is 7.17. The third kappa shape index (κ3) is 7.02. The fourth-order valence-corrected chi connectivity index (χ4v) is 4.00. The second-order valence-corrected chi connectivity index (χ2v) is 9.02. The zero-order chi connectivity index (χ0) is 27.3. The molecule has 37 heavy (non-hydrogen) atoms. The number of alkyl halides is 3. The number of hydrogen-bond donors (Lipinski definition) is 4. The molecule has 0 radical (unpaired) electrons. The van der Waals surface area contributed by atoms with Crippen LogP contribution in [0.25, 0.3) is 0 Å². The Bertz CT molecular complexity index is 1340. The topological polar surface area (TPSA) is 151 Å². The fraction of sp³-hybridized carbons (Fsp3) is 0.250. The zero-order valence-electron chi connectivity index (χ0n) is 18.9. The maximum atomic E-state index is 13.0. The van der Waals surface area contributed by atoms with Crippen molar-refractivity contribution >= 4 is 63.9 Å². The summed E-state index contributed by atoms with van der Waals surface area (Å²) in [5.74, 6) is -2.02. The van der Waals surface area contributed by atoms with Crippen molar-refractivity contribution < 1.29 is 27.6 Å². The van der Waals surface area contributed by atoms with Gasteiger partial charge in [0, 0.05) is 13.2 Å². The van der Waals surface area contributed by atoms with Crippen LogP contribution in [-0.2, 0) is 11.0 Å². The number of thiazole rings is 1. The van der Waals surface area contributed by atoms with E-state index >= 15 is 0 Å². The van der Waals surface area contributed by atoms with Crippen LogP contribution in [0.15, 0.2) is 24.8 Å². The van der Waals surface area contributed by atoms with Gasteiger partial charge in [-0.1, -0.05) is 23.2 Å². The summed E-state index contributed by atoms with van der Waals surface area (Å²) in [6.45, 7) is 1.46. The summed E-state index contributed by atoms with van der Waals surface area (Å²) in [4.78, 5) is 52.2. The Morgan fingerprint density at radius 2 is 1.81 bits per heavy atom. The Kier molecular flexibility index (Phi) is 8.83. The maximum absolute atomic E-state index is 13.0. The van der Waals surface area contributed by atoms with E-state index in [2.05, 4.69) is 41.2 Å². The minimum Gasteiger partial charge on any atom is -0.360 e. The minimum absolute atomic E-state index is 0.0576. The highest BCUT2D eigenvalue weighted by Crippen LogP contribution is 2.35. The van der Waals surface area contributed by atoms with Gasteiger partial charge in [0.2, 0.25) is 5.91 Å². The average Bonchev–Trinajstić information content (AvgIpc) is 3.34. The number of hydrogen-bond acceptors (Lipinski definition) is 9. The van der Waals surface area contributed by atoms with Crippen molar-refractivity contribution in [2.45, 2.75) is 19.1 Å². The molecule has 0 aliphatic rings. The summed E-state index contributed by atoms with van der Waals surface area (Å²) in [6, 6.07) is -0.0771. The Balaban J connectivity index is 1.67. The lowest BCUT2D eigenvalue weighted by Crippen LogP contribution is -2.29. The third-order valence-corrected chi connectivity index (χ3v) is 6.41. The van der Waals surface area contributed by atoms with Crippen molar-refractivity contribution in [3.63, 3.8) is 0 Å². The first-order valence-corrected chi connectivity index (χ1v) is 11.7. The van der Waals surface area contributed by atoms with Crippen LogP contribution in [0.5, 0.6) is 0 Å². The lowest BCUT2D eigenvalue weighted by molar-refractivity contribution is -0.137. The predicted octanol–water partition coefficient (Wildman–Crippen LogP) is 3.55. The molecule has 0 bridgehead atoms. The fourth-order valence-electron chi connectivity index (χ4n) is 2.73. The number of nitrogens with one attached hydrogen (secondary N) is 4. The number of anilines is 2. The number of amides is 3. The second kappa shape index (κ2) is 11.7. The first-order chi connectivity index (χ1) is 17.4. The van der Waals surface area contributed by atoms with Crippen LogP contribution in [0.4, 0.5) is 24.8 Å². The normalized spacial score (nSPS) is 12.0. The van der Waals surface area contributed by atoms with Crippen LogP contribution in [0.2, 0.25) is 10.0 Å². The molecule has 3 aromatic rings. The number of aromatic nitrogens is 4. The molecule has 0 fully saturated rings. The molecule has 3 aromatic heterocycles. The van der Waals surface area contributed by atoms with E-state index in [0.29, 0.717) is 11.1 Å². The van der Waals surface area contributed by atoms with Gasteiger partial charge in [-0.05, 0) is 13.0 Å². The van der Waals surface area contributed by atoms with Crippen molar-refractivity contribution in [1.29, 1.82) is 0 Å². The monoisotopic (exact) mass is 576 g/mol. The highest BCUT2D eigenvalue weighted by Gasteiger charge is 2.34. The van der Waals surface area contributed by atoms with Gasteiger partial charge in [-0.15, -0.1) is 11.3 Å². The maximum Gasteiger partial charge on any atom is 0.418 e. The van der Waals surface area contributed by atoms with E-state index in [1.807, 2.05) is 0 Å². The van der Waals surface area contributed by atoms with Crippen LogP contribution in [-0.4, -0.2) is 51.2 Å². The van der Waals surface area contributed by atoms with Gasteiger partial charge in [-0.3, -0.25) is 14.4 Å². The van der Waals surface area contributed by atoms with Gasteiger partial charge >= 0.3 is 6.18 Å². The van der Waals surface area contributed by atoms with E-state index < -0.39 is 34.6 Å². The number of pyridine rings is 1. The largest absolute Gasteiger partial charge is 0.418 e. The van der Waals surface area contributed by atoms with E-state index in [4.69, 9.17) is 23.2 Å². The molecule has 0 saturated carbocycles. The molecule has 1 unspecified atom stereocenters. The van der Waals surface area contributed by atoms with Crippen molar-refractivity contribution in [3.8, 4) is 0 Å². The molecule has 0 aliphatic heterocycles. The smallest absolute Gasteiger partial charge is 0.360 e. The standard InChI is InChI=1S/C20H17Cl2F3N8O3S/c1-8(32-18(36)15-14(22)16(31-7-30-15)28-6-13(34)26-2)19-29-5-11(37-19)17(35)33-12-3-9(20(23,24)25)10(21)4-27-12/h3-5,7-8H,6H2,1-2H3,(H,26,34)(H,32,36)(H,27,33,35)(H,28,30,31). The number of carbonyl (C=O) groups excluding carboxylic acids is 3. The molecule has 0 spiro atoms. The van der Waals surface area contributed by atoms with Crippen molar-refractivity contribution in [2.24, 2.45) is 0 Å². The molecule has 11 nitrogen and oxygen atoms in total. The molecular weight excluding hydrogens is 560 g/mol. The van der Waals surface area contributed by atoms with Gasteiger partial charge < -0.3 is 21.3 Å². The summed E-state index contributed by atoms with van der Waals surface area (Å²) in [5, 5.41) is 9.61. The van der Waals surface area contributed by atoms with Crippen molar-refractivity contribution in [2.75, 3.05) is 24.2 Å². The van der Waals surface area contributed by atoms with Crippen LogP contribution in [0, 0.1) is 0 Å². The van der Waals surface area contributed by atoms with Gasteiger partial charge in [0.1, 0.15) is 32.9 Å². The van der Waals surface area contributed by atoms with Crippen LogP contribution < -0.4 is 21.3 Å². The SMILES string of the molecule is CNC(=O)CNc1ncnc(C(=O)NC(C)c2ncc(C(=O)Nc3cc(C(F)(F)F)c(Cl)cn3)s2)c1Cl. The number of carbonyl (C=O) groups is 3. The molecule has 17 heteroatoms. The first kappa shape index (κ1) is 28.0. The highest BCUT2D eigenvalue weighted by atomic mass is 35.5. The van der Waals surface area contributed by atoms with Gasteiger partial charge in [-0.2, -0.15) is 13.2 Å². The van der Waals surface area contributed by atoms with Gasteiger partial charge in [0.05, 0.1) is 29.4 Å². The third-order valence-electron chi connectivity index (χ3n) is 4.57. The first-order valence-electron chi connectivity index (χ1n) is 10.2. The summed E-state index contributed by atoms with van der Waals surface area (Å²) in [5.41, 5.74) is -1.30. The molecular formula is C20H17Cl2F3N8O3S. The summed E-state index contributed by atoms with van der Waals surface area (Å²) in [7, 11) is 1.46. The molecule has 3 heterocycles. The highest BCUT2D eigenvalue weighted by molar-refractivity contribution is 7.13. The van der Waals surface area contributed by atoms with Crippen LogP contribution in [0.3, 0.4) is 0 Å². The minimum atomic E-state index is -4.72. The lowest BCUT2D eigenvalue weighted by Gasteiger charge is -2.13. The van der Waals surface area contributed by atoms with Gasteiger partial charge in [0.25, 0.3) is 11.8 Å². The molecule has 0 saturated heterocycles. The summed E-state index contributed by atoms with van der Waals surface area (Å²) < 4.78 is 39.1. The molecule has 3 amide bonds. The number of rotatable bonds is 8. The molecule has 3 rings (SSSR count). The summed E-state index contributed by atoms with van der Waals surface area (Å²) in [6.07, 6.45) is -1.64. The number of nitrogens with zero attached hydrogens (tertiary/aromatic N) is 4. The molecule has 4 N–H and O–H groups in total. The zero-order valence-corrected chi connectivity index (χ0v) is 21.2. The van der Waals surface area contributed by atoms with Gasteiger partial charge in [0.15, 0.2) is 5.69 Å². The lowest BCUT2D eigenvalue weighted by atomic mass is 10.2. The van der Waals surface area contributed by atoms with E-state index in [0.717, 1.165) is 23.9 Å². The molecule has 0 aromatic carbocycles. The predicted molar refractivity (Wildman–Crippen MR) is 130 cm³/mol. The van der Waals surface area contributed by atoms with E-state index in [-0.39, 0.29) is 39.7 Å². The van der Waals surface area contributed by atoms with Crippen LogP contribution in [0.1, 0.15) is 43.7 Å². The molecule has 196 valence electrons. The Morgan fingerprint density at radius 1 is 1.08 bits per heavy atom. The molecule has 1 atom stereocenters. The van der Waals surface area contributed by atoms with E-state index in [1.54, 1.807) is 6.92 Å². The van der Waals surface area contributed by atoms with Gasteiger partial charge in [-0.25, -0.2) is 19.9 Å². The number of likely N-dealkylation sites (N-methyl/N-ethyl adjacent to an activating group) is 1. The Labute approximate surface area is 221 Å². The quantitative estimate of drug-likeness (QED) is 0.318. The number of halogens is 5. The van der Waals surface area contributed by atoms with E-state index in [1.165, 1.54) is 13.2 Å². The van der Waals surface area contributed by atoms with Crippen molar-refractivity contribution in [3.05, 3.63) is 56.0 Å².